The summed E-state index contributed by atoms with van der Waals surface area (Å²) in [6.07, 6.45) is 5.51. The molecule has 1 heterocycles. The van der Waals surface area contributed by atoms with E-state index in [0.29, 0.717) is 11.5 Å². The molecule has 0 saturated heterocycles. The van der Waals surface area contributed by atoms with Crippen LogP contribution >= 0.6 is 0 Å². The fraction of sp³-hybridized carbons (Fsp3) is 0.688. The van der Waals surface area contributed by atoms with Crippen LogP contribution in [0.4, 0.5) is 0 Å². The maximum Gasteiger partial charge on any atom is 0.291 e. The van der Waals surface area contributed by atoms with E-state index in [1.54, 1.807) is 6.92 Å². The molecule has 0 aliphatic rings. The van der Waals surface area contributed by atoms with Crippen LogP contribution in [0.1, 0.15) is 56.4 Å². The molecule has 1 aromatic heterocycles. The van der Waals surface area contributed by atoms with Gasteiger partial charge in [-0.3, -0.25) is 4.79 Å². The summed E-state index contributed by atoms with van der Waals surface area (Å²) in [4.78, 5) is 12.0. The molecule has 108 valence electrons. The van der Waals surface area contributed by atoms with Crippen molar-refractivity contribution in [3.63, 3.8) is 0 Å². The first kappa shape index (κ1) is 15.8. The Morgan fingerprint density at radius 2 is 1.89 bits per heavy atom. The van der Waals surface area contributed by atoms with Gasteiger partial charge >= 0.3 is 0 Å². The zero-order chi connectivity index (χ0) is 14.4. The topological polar surface area (TPSA) is 39.4 Å². The molecule has 19 heavy (non-hydrogen) atoms. The second kappa shape index (κ2) is 7.37. The summed E-state index contributed by atoms with van der Waals surface area (Å²) in [6, 6.07) is 0. The largest absolute Gasteiger partial charge is 0.468 e. The second-order valence-corrected chi connectivity index (χ2v) is 5.36. The molecule has 0 spiro atoms. The van der Waals surface area contributed by atoms with Crippen molar-refractivity contribution >= 4 is 0 Å². The zero-order valence-electron chi connectivity index (χ0n) is 12.8. The van der Waals surface area contributed by atoms with Crippen LogP contribution in [0, 0.1) is 19.8 Å². The molecule has 1 atom stereocenters. The number of hydrogen-bond donors (Lipinski definition) is 0. The molecule has 0 fully saturated rings. The van der Waals surface area contributed by atoms with Crippen molar-refractivity contribution in [3.8, 4) is 5.95 Å². The van der Waals surface area contributed by atoms with Gasteiger partial charge < -0.3 is 9.15 Å². The highest BCUT2D eigenvalue weighted by atomic mass is 16.6. The molecular formula is C16H26O3. The smallest absolute Gasteiger partial charge is 0.291 e. The molecule has 1 unspecified atom stereocenters. The van der Waals surface area contributed by atoms with Crippen molar-refractivity contribution in [1.29, 1.82) is 0 Å². The summed E-state index contributed by atoms with van der Waals surface area (Å²) in [5.41, 5.74) is 1.32. The molecule has 1 aromatic rings. The summed E-state index contributed by atoms with van der Waals surface area (Å²) in [5, 5.41) is 0. The van der Waals surface area contributed by atoms with Gasteiger partial charge in [0.25, 0.3) is 5.95 Å². The number of unbranched alkanes of at least 4 members (excludes halogenated alkanes) is 1. The van der Waals surface area contributed by atoms with Crippen molar-refractivity contribution in [2.24, 2.45) is 5.92 Å². The van der Waals surface area contributed by atoms with Gasteiger partial charge in [0.15, 0.2) is 5.43 Å². The summed E-state index contributed by atoms with van der Waals surface area (Å²) in [7, 11) is 1.54. The molecule has 0 amide bonds. The van der Waals surface area contributed by atoms with E-state index >= 15 is 0 Å². The van der Waals surface area contributed by atoms with Gasteiger partial charge in [0.05, 0.1) is 12.7 Å². The highest BCUT2D eigenvalue weighted by Crippen LogP contribution is 2.20. The summed E-state index contributed by atoms with van der Waals surface area (Å²) in [6.45, 7) is 8.08. The predicted octanol–water partition coefficient (Wildman–Crippen LogP) is 4.02. The quantitative estimate of drug-likeness (QED) is 0.700. The maximum atomic E-state index is 12.0. The Morgan fingerprint density at radius 1 is 1.21 bits per heavy atom. The monoisotopic (exact) mass is 266 g/mol. The van der Waals surface area contributed by atoms with Crippen molar-refractivity contribution in [1.82, 2.24) is 0 Å². The minimum absolute atomic E-state index is 0.0417. The molecule has 0 saturated carbocycles. The maximum absolute atomic E-state index is 12.0. The van der Waals surface area contributed by atoms with E-state index in [4.69, 9.17) is 9.15 Å². The van der Waals surface area contributed by atoms with Gasteiger partial charge in [0.1, 0.15) is 5.76 Å². The van der Waals surface area contributed by atoms with E-state index in [9.17, 15) is 4.79 Å². The third-order valence-corrected chi connectivity index (χ3v) is 3.85. The molecule has 0 radical (unpaired) electrons. The first-order valence-electron chi connectivity index (χ1n) is 7.18. The Morgan fingerprint density at radius 3 is 2.47 bits per heavy atom. The lowest BCUT2D eigenvalue weighted by atomic mass is 10.00. The Hall–Kier alpha value is -1.25. The van der Waals surface area contributed by atoms with Crippen molar-refractivity contribution in [3.05, 3.63) is 27.1 Å². The summed E-state index contributed by atoms with van der Waals surface area (Å²) in [5.74, 6) is 1.91. The van der Waals surface area contributed by atoms with Crippen LogP contribution in [0.5, 0.6) is 5.95 Å². The number of methoxy groups -OCH3 is 1. The van der Waals surface area contributed by atoms with Gasteiger partial charge in [-0.25, -0.2) is 0 Å². The lowest BCUT2D eigenvalue weighted by molar-refractivity contribution is 0.277. The van der Waals surface area contributed by atoms with Crippen LogP contribution in [-0.4, -0.2) is 7.11 Å². The van der Waals surface area contributed by atoms with Crippen LogP contribution in [0.25, 0.3) is 0 Å². The molecule has 3 nitrogen and oxygen atoms in total. The fourth-order valence-corrected chi connectivity index (χ4v) is 2.18. The first-order valence-corrected chi connectivity index (χ1v) is 7.18. The minimum Gasteiger partial charge on any atom is -0.468 e. The normalized spacial score (nSPS) is 12.5. The van der Waals surface area contributed by atoms with Crippen molar-refractivity contribution < 1.29 is 9.15 Å². The van der Waals surface area contributed by atoms with E-state index in [1.807, 2.05) is 6.92 Å². The van der Waals surface area contributed by atoms with Crippen molar-refractivity contribution in [2.45, 2.75) is 59.8 Å². The predicted molar refractivity (Wildman–Crippen MR) is 78.0 cm³/mol. The molecule has 1 rings (SSSR count). The van der Waals surface area contributed by atoms with Crippen LogP contribution in [0.2, 0.25) is 0 Å². The Bertz CT molecular complexity index is 460. The molecular weight excluding hydrogens is 240 g/mol. The van der Waals surface area contributed by atoms with E-state index in [-0.39, 0.29) is 5.43 Å². The summed E-state index contributed by atoms with van der Waals surface area (Å²) >= 11 is 0. The van der Waals surface area contributed by atoms with E-state index in [0.717, 1.165) is 30.1 Å². The van der Waals surface area contributed by atoms with Crippen molar-refractivity contribution in [2.75, 3.05) is 7.11 Å². The third-order valence-electron chi connectivity index (χ3n) is 3.85. The average molecular weight is 266 g/mol. The van der Waals surface area contributed by atoms with Gasteiger partial charge in [-0.05, 0) is 26.2 Å². The van der Waals surface area contributed by atoms with Crippen LogP contribution < -0.4 is 10.2 Å². The average Bonchev–Trinajstić information content (AvgIpc) is 2.42. The molecule has 0 aliphatic carbocycles. The van der Waals surface area contributed by atoms with Gasteiger partial charge in [-0.15, -0.1) is 0 Å². The molecule has 0 aromatic carbocycles. The molecule has 0 N–H and O–H groups in total. The van der Waals surface area contributed by atoms with Crippen LogP contribution in [0.15, 0.2) is 9.21 Å². The minimum atomic E-state index is 0.0417. The second-order valence-electron chi connectivity index (χ2n) is 5.36. The molecule has 3 heteroatoms. The lowest BCUT2D eigenvalue weighted by Gasteiger charge is -2.10. The lowest BCUT2D eigenvalue weighted by Crippen LogP contribution is -2.13. The zero-order valence-corrected chi connectivity index (χ0v) is 12.8. The Balaban J connectivity index is 2.69. The Labute approximate surface area is 116 Å². The SMILES string of the molecule is CCC(C)CCCCc1oc(OC)c(C)c(=O)c1C. The van der Waals surface area contributed by atoms with E-state index in [1.165, 1.54) is 26.4 Å². The van der Waals surface area contributed by atoms with E-state index in [2.05, 4.69) is 13.8 Å². The van der Waals surface area contributed by atoms with Gasteiger partial charge in [-0.1, -0.05) is 33.1 Å². The fourth-order valence-electron chi connectivity index (χ4n) is 2.18. The third kappa shape index (κ3) is 4.12. The standard InChI is InChI=1S/C16H26O3/c1-6-11(2)9-7-8-10-14-12(3)15(17)13(4)16(18-5)19-14/h11H,6-10H2,1-5H3. The highest BCUT2D eigenvalue weighted by molar-refractivity contribution is 5.29. The number of ether oxygens (including phenoxy) is 1. The van der Waals surface area contributed by atoms with Crippen LogP contribution in [0.3, 0.4) is 0 Å². The molecule has 0 aliphatic heterocycles. The van der Waals surface area contributed by atoms with Gasteiger partial charge in [0.2, 0.25) is 0 Å². The molecule has 0 bridgehead atoms. The van der Waals surface area contributed by atoms with Crippen LogP contribution in [-0.2, 0) is 6.42 Å². The number of aryl methyl sites for hydroxylation is 1. The first-order chi connectivity index (χ1) is 9.01. The van der Waals surface area contributed by atoms with E-state index < -0.39 is 0 Å². The van der Waals surface area contributed by atoms with Gasteiger partial charge in [-0.2, -0.15) is 0 Å². The van der Waals surface area contributed by atoms with Gasteiger partial charge in [0, 0.05) is 12.0 Å². The number of hydrogen-bond acceptors (Lipinski definition) is 3. The highest BCUT2D eigenvalue weighted by Gasteiger charge is 2.13. The number of rotatable bonds is 7. The summed E-state index contributed by atoms with van der Waals surface area (Å²) < 4.78 is 10.8. The Kier molecular flexibility index (Phi) is 6.13.